The highest BCUT2D eigenvalue weighted by Crippen LogP contribution is 2.12. The Morgan fingerprint density at radius 2 is 2.11 bits per heavy atom. The maximum absolute atomic E-state index is 12.0. The molecule has 0 aliphatic heterocycles. The summed E-state index contributed by atoms with van der Waals surface area (Å²) in [6, 6.07) is 3.19. The lowest BCUT2D eigenvalue weighted by molar-refractivity contribution is -0.137. The molecule has 1 aromatic rings. The molecule has 18 heavy (non-hydrogen) atoms. The highest BCUT2D eigenvalue weighted by Gasteiger charge is 2.15. The Bertz CT molecular complexity index is 463. The standard InChI is InChI=1S/C12H15ClN2O3/c1-8-9(5-6-10(13)14-8)12(18)15(2)7-3-4-11(16)17/h5-6H,3-4,7H2,1-2H3,(H,16,17). The minimum Gasteiger partial charge on any atom is -0.481 e. The van der Waals surface area contributed by atoms with Gasteiger partial charge in [0.25, 0.3) is 5.91 Å². The van der Waals surface area contributed by atoms with Crippen LogP contribution in [0.4, 0.5) is 0 Å². The highest BCUT2D eigenvalue weighted by atomic mass is 35.5. The number of carboxylic acid groups (broad SMARTS) is 1. The van der Waals surface area contributed by atoms with Crippen molar-refractivity contribution in [3.63, 3.8) is 0 Å². The number of amides is 1. The molecule has 0 spiro atoms. The van der Waals surface area contributed by atoms with Gasteiger partial charge in [-0.1, -0.05) is 11.6 Å². The molecule has 0 aliphatic rings. The zero-order valence-electron chi connectivity index (χ0n) is 10.3. The SMILES string of the molecule is Cc1nc(Cl)ccc1C(=O)N(C)CCCC(=O)O. The van der Waals surface area contributed by atoms with Gasteiger partial charge >= 0.3 is 5.97 Å². The number of hydrogen-bond donors (Lipinski definition) is 1. The molecular weight excluding hydrogens is 256 g/mol. The molecule has 0 saturated carbocycles. The largest absolute Gasteiger partial charge is 0.481 e. The number of carbonyl (C=O) groups is 2. The van der Waals surface area contributed by atoms with E-state index in [0.717, 1.165) is 0 Å². The summed E-state index contributed by atoms with van der Waals surface area (Å²) >= 11 is 5.72. The number of carbonyl (C=O) groups excluding carboxylic acids is 1. The van der Waals surface area contributed by atoms with Crippen molar-refractivity contribution in [3.8, 4) is 0 Å². The average Bonchev–Trinajstić information content (AvgIpc) is 2.27. The van der Waals surface area contributed by atoms with Gasteiger partial charge in [-0.3, -0.25) is 9.59 Å². The van der Waals surface area contributed by atoms with Crippen molar-refractivity contribution in [1.82, 2.24) is 9.88 Å². The molecular formula is C12H15ClN2O3. The van der Waals surface area contributed by atoms with Gasteiger partial charge in [0.15, 0.2) is 0 Å². The van der Waals surface area contributed by atoms with Gasteiger partial charge in [-0.05, 0) is 25.5 Å². The predicted molar refractivity (Wildman–Crippen MR) is 67.8 cm³/mol. The maximum Gasteiger partial charge on any atom is 0.303 e. The van der Waals surface area contributed by atoms with E-state index in [-0.39, 0.29) is 12.3 Å². The van der Waals surface area contributed by atoms with Crippen LogP contribution >= 0.6 is 11.6 Å². The van der Waals surface area contributed by atoms with Gasteiger partial charge < -0.3 is 10.0 Å². The molecule has 0 aromatic carbocycles. The quantitative estimate of drug-likeness (QED) is 0.831. The van der Waals surface area contributed by atoms with E-state index in [2.05, 4.69) is 4.98 Å². The van der Waals surface area contributed by atoms with Crippen LogP contribution in [0.2, 0.25) is 5.15 Å². The molecule has 1 amide bonds. The Morgan fingerprint density at radius 3 is 2.67 bits per heavy atom. The Balaban J connectivity index is 2.65. The smallest absolute Gasteiger partial charge is 0.303 e. The molecule has 98 valence electrons. The number of nitrogens with zero attached hydrogens (tertiary/aromatic N) is 2. The summed E-state index contributed by atoms with van der Waals surface area (Å²) < 4.78 is 0. The molecule has 0 saturated heterocycles. The highest BCUT2D eigenvalue weighted by molar-refractivity contribution is 6.29. The first-order chi connectivity index (χ1) is 8.41. The van der Waals surface area contributed by atoms with E-state index in [4.69, 9.17) is 16.7 Å². The Kier molecular flexibility index (Phi) is 5.09. The number of rotatable bonds is 5. The number of aromatic nitrogens is 1. The van der Waals surface area contributed by atoms with Gasteiger partial charge in [-0.25, -0.2) is 4.98 Å². The number of pyridine rings is 1. The number of aliphatic carboxylic acids is 1. The topological polar surface area (TPSA) is 70.5 Å². The maximum atomic E-state index is 12.0. The van der Waals surface area contributed by atoms with E-state index in [1.165, 1.54) is 4.90 Å². The van der Waals surface area contributed by atoms with Crippen LogP contribution in [0, 0.1) is 6.92 Å². The fourth-order valence-electron chi connectivity index (χ4n) is 1.53. The Hall–Kier alpha value is -1.62. The molecule has 1 N–H and O–H groups in total. The molecule has 1 rings (SSSR count). The van der Waals surface area contributed by atoms with Crippen molar-refractivity contribution in [2.75, 3.05) is 13.6 Å². The van der Waals surface area contributed by atoms with Crippen LogP contribution in [0.15, 0.2) is 12.1 Å². The van der Waals surface area contributed by atoms with Gasteiger partial charge in [-0.2, -0.15) is 0 Å². The number of aryl methyl sites for hydroxylation is 1. The molecule has 1 aromatic heterocycles. The van der Waals surface area contributed by atoms with E-state index in [0.29, 0.717) is 29.4 Å². The third-order valence-electron chi connectivity index (χ3n) is 2.51. The van der Waals surface area contributed by atoms with E-state index in [1.54, 1.807) is 26.1 Å². The van der Waals surface area contributed by atoms with Crippen molar-refractivity contribution in [1.29, 1.82) is 0 Å². The molecule has 1 heterocycles. The lowest BCUT2D eigenvalue weighted by Crippen LogP contribution is -2.28. The fourth-order valence-corrected chi connectivity index (χ4v) is 1.72. The molecule has 5 nitrogen and oxygen atoms in total. The summed E-state index contributed by atoms with van der Waals surface area (Å²) in [5.41, 5.74) is 1.05. The molecule has 0 radical (unpaired) electrons. The predicted octanol–water partition coefficient (Wildman–Crippen LogP) is 1.98. The molecule has 0 bridgehead atoms. The summed E-state index contributed by atoms with van der Waals surface area (Å²) in [5, 5.41) is 8.87. The van der Waals surface area contributed by atoms with Crippen molar-refractivity contribution < 1.29 is 14.7 Å². The molecule has 0 unspecified atom stereocenters. The summed E-state index contributed by atoms with van der Waals surface area (Å²) in [5.74, 6) is -1.04. The van der Waals surface area contributed by atoms with Crippen LogP contribution in [0.5, 0.6) is 0 Å². The normalized spacial score (nSPS) is 10.2. The molecule has 0 fully saturated rings. The lowest BCUT2D eigenvalue weighted by atomic mass is 10.2. The molecule has 0 aliphatic carbocycles. The summed E-state index contributed by atoms with van der Waals surface area (Å²) in [7, 11) is 1.64. The van der Waals surface area contributed by atoms with Crippen LogP contribution < -0.4 is 0 Å². The Morgan fingerprint density at radius 1 is 1.44 bits per heavy atom. The zero-order chi connectivity index (χ0) is 13.7. The van der Waals surface area contributed by atoms with Crippen LogP contribution in [0.25, 0.3) is 0 Å². The van der Waals surface area contributed by atoms with Crippen molar-refractivity contribution in [2.24, 2.45) is 0 Å². The minimum absolute atomic E-state index is 0.0511. The van der Waals surface area contributed by atoms with Gasteiger partial charge in [-0.15, -0.1) is 0 Å². The monoisotopic (exact) mass is 270 g/mol. The lowest BCUT2D eigenvalue weighted by Gasteiger charge is -2.17. The summed E-state index contributed by atoms with van der Waals surface area (Å²) in [6.45, 7) is 2.11. The second-order valence-electron chi connectivity index (χ2n) is 3.99. The van der Waals surface area contributed by atoms with E-state index in [1.807, 2.05) is 0 Å². The molecule has 0 atom stereocenters. The minimum atomic E-state index is -0.861. The van der Waals surface area contributed by atoms with Crippen molar-refractivity contribution >= 4 is 23.5 Å². The van der Waals surface area contributed by atoms with Crippen LogP contribution in [-0.2, 0) is 4.79 Å². The summed E-state index contributed by atoms with van der Waals surface area (Å²) in [6.07, 6.45) is 0.479. The number of carboxylic acids is 1. The second kappa shape index (κ2) is 6.35. The summed E-state index contributed by atoms with van der Waals surface area (Å²) in [4.78, 5) is 27.9. The third kappa shape index (κ3) is 4.00. The van der Waals surface area contributed by atoms with Crippen molar-refractivity contribution in [3.05, 3.63) is 28.5 Å². The number of halogens is 1. The molecule has 6 heteroatoms. The van der Waals surface area contributed by atoms with Crippen LogP contribution in [-0.4, -0.2) is 40.5 Å². The second-order valence-corrected chi connectivity index (χ2v) is 4.38. The fraction of sp³-hybridized carbons (Fsp3) is 0.417. The van der Waals surface area contributed by atoms with Gasteiger partial charge in [0.05, 0.1) is 11.3 Å². The van der Waals surface area contributed by atoms with Gasteiger partial charge in [0, 0.05) is 20.0 Å². The van der Waals surface area contributed by atoms with Gasteiger partial charge in [0.2, 0.25) is 0 Å². The van der Waals surface area contributed by atoms with E-state index >= 15 is 0 Å². The van der Waals surface area contributed by atoms with Crippen LogP contribution in [0.3, 0.4) is 0 Å². The van der Waals surface area contributed by atoms with Crippen molar-refractivity contribution in [2.45, 2.75) is 19.8 Å². The first-order valence-corrected chi connectivity index (χ1v) is 5.90. The van der Waals surface area contributed by atoms with Crippen LogP contribution in [0.1, 0.15) is 28.9 Å². The number of hydrogen-bond acceptors (Lipinski definition) is 3. The average molecular weight is 271 g/mol. The van der Waals surface area contributed by atoms with Gasteiger partial charge in [0.1, 0.15) is 5.15 Å². The first kappa shape index (κ1) is 14.4. The third-order valence-corrected chi connectivity index (χ3v) is 2.72. The van der Waals surface area contributed by atoms with E-state index < -0.39 is 5.97 Å². The Labute approximate surface area is 110 Å². The zero-order valence-corrected chi connectivity index (χ0v) is 11.1. The van der Waals surface area contributed by atoms with E-state index in [9.17, 15) is 9.59 Å². The first-order valence-electron chi connectivity index (χ1n) is 5.52.